The van der Waals surface area contributed by atoms with Gasteiger partial charge in [0, 0.05) is 65.0 Å². The van der Waals surface area contributed by atoms with E-state index in [-0.39, 0.29) is 164 Å². The second-order valence-corrected chi connectivity index (χ2v) is 19.5. The van der Waals surface area contributed by atoms with Crippen LogP contribution < -0.4 is 149 Å². The molecule has 2 N–H and O–H groups in total. The number of aromatic nitrogens is 10. The molecular formula is C52H69BCs2N10O7. The fraction of sp³-hybridized carbons (Fsp3) is 0.481. The Morgan fingerprint density at radius 3 is 1.49 bits per heavy atom. The van der Waals surface area contributed by atoms with Crippen LogP contribution in [0.25, 0.3) is 55.4 Å². The Labute approximate surface area is 542 Å². The fourth-order valence-electron chi connectivity index (χ4n) is 9.46. The molecule has 20 heteroatoms. The van der Waals surface area contributed by atoms with Crippen LogP contribution in [0, 0.1) is 62.3 Å². The van der Waals surface area contributed by atoms with Gasteiger partial charge in [-0.05, 0) is 157 Å². The predicted octanol–water partition coefficient (Wildman–Crippen LogP) is 3.67. The minimum atomic E-state index is -0.316. The van der Waals surface area contributed by atoms with Crippen molar-refractivity contribution in [3.05, 3.63) is 87.2 Å². The smallest absolute Gasteiger partial charge is 1.00 e. The van der Waals surface area contributed by atoms with Crippen molar-refractivity contribution in [2.45, 2.75) is 153 Å². The van der Waals surface area contributed by atoms with Gasteiger partial charge in [0.15, 0.2) is 0 Å². The zero-order valence-electron chi connectivity index (χ0n) is 46.9. The molecule has 11 rings (SSSR count). The van der Waals surface area contributed by atoms with Gasteiger partial charge in [-0.15, -0.1) is 0 Å². The van der Waals surface area contributed by atoms with Crippen molar-refractivity contribution >= 4 is 41.1 Å². The van der Waals surface area contributed by atoms with E-state index in [9.17, 15) is 0 Å². The van der Waals surface area contributed by atoms with E-state index in [0.29, 0.717) is 11.8 Å². The number of H-pyrrole nitrogens is 2. The zero-order chi connectivity index (χ0) is 51.1. The van der Waals surface area contributed by atoms with E-state index in [2.05, 4.69) is 125 Å². The van der Waals surface area contributed by atoms with Crippen molar-refractivity contribution in [3.63, 3.8) is 0 Å². The second-order valence-electron chi connectivity index (χ2n) is 19.5. The van der Waals surface area contributed by atoms with Gasteiger partial charge in [0.2, 0.25) is 0 Å². The van der Waals surface area contributed by atoms with Crippen LogP contribution in [0.3, 0.4) is 0 Å². The predicted molar refractivity (Wildman–Crippen MR) is 270 cm³/mol. The number of aromatic amines is 2. The summed E-state index contributed by atoms with van der Waals surface area (Å²) in [4.78, 5) is 21.1. The molecule has 0 spiro atoms. The number of carbonyl (C=O) groups excluding carboxylic acids is 1. The molecule has 3 aliphatic rings. The summed E-state index contributed by atoms with van der Waals surface area (Å²) < 4.78 is 27.2. The van der Waals surface area contributed by atoms with Crippen molar-refractivity contribution in [1.82, 2.24) is 49.8 Å². The Kier molecular flexibility index (Phi) is 20.9. The maximum absolute atomic E-state index is 8.64. The average molecular weight is 1220 g/mol. The van der Waals surface area contributed by atoms with Crippen molar-refractivity contribution in [3.8, 4) is 33.4 Å². The van der Waals surface area contributed by atoms with Crippen LogP contribution in [0.5, 0.6) is 0 Å². The molecule has 1 saturated heterocycles. The number of nitrogens with zero attached hydrogens (tertiary/aromatic N) is 8. The number of nitrogens with one attached hydrogen (secondary N) is 2. The van der Waals surface area contributed by atoms with Gasteiger partial charge in [0.25, 0.3) is 6.47 Å². The molecule has 3 fully saturated rings. The zero-order valence-corrected chi connectivity index (χ0v) is 58.4. The molecule has 17 nitrogen and oxygen atoms in total. The van der Waals surface area contributed by atoms with Crippen LogP contribution >= 0.6 is 0 Å². The van der Waals surface area contributed by atoms with Crippen molar-refractivity contribution in [1.29, 1.82) is 0 Å². The third kappa shape index (κ3) is 12.4. The summed E-state index contributed by atoms with van der Waals surface area (Å²) in [5.41, 5.74) is 18.7. The van der Waals surface area contributed by atoms with Crippen molar-refractivity contribution in [2.24, 2.45) is 14.1 Å². The van der Waals surface area contributed by atoms with Gasteiger partial charge in [0.1, 0.15) is 23.2 Å². The van der Waals surface area contributed by atoms with E-state index in [1.807, 2.05) is 62.3 Å². The first-order valence-electron chi connectivity index (χ1n) is 24.1. The molecule has 0 atom stereocenters. The van der Waals surface area contributed by atoms with Crippen LogP contribution in [0.1, 0.15) is 143 Å². The van der Waals surface area contributed by atoms with Gasteiger partial charge in [-0.1, -0.05) is 24.2 Å². The van der Waals surface area contributed by atoms with E-state index in [1.54, 1.807) is 0 Å². The Morgan fingerprint density at radius 2 is 1.10 bits per heavy atom. The van der Waals surface area contributed by atoms with Gasteiger partial charge in [-0.25, -0.2) is 9.97 Å². The van der Waals surface area contributed by atoms with E-state index in [1.165, 1.54) is 53.9 Å². The average Bonchev–Trinajstić information content (AvgIpc) is 4.10. The topological polar surface area (TPSA) is 213 Å². The first-order valence-corrected chi connectivity index (χ1v) is 24.1. The molecule has 2 saturated carbocycles. The summed E-state index contributed by atoms with van der Waals surface area (Å²) in [6.45, 7) is 30.1. The number of rotatable bonds is 7. The number of aryl methyl sites for hydroxylation is 11. The molecule has 72 heavy (non-hydrogen) atoms. The van der Waals surface area contributed by atoms with Crippen molar-refractivity contribution in [2.75, 3.05) is 0 Å². The summed E-state index contributed by atoms with van der Waals surface area (Å²) in [6.07, 6.45) is 5.00. The second kappa shape index (κ2) is 24.8. The molecule has 6 aromatic heterocycles. The van der Waals surface area contributed by atoms with E-state index < -0.39 is 0 Å². The SMILES string of the molecule is CC.Cc1n[nH]c(C)c1-c1cc(-c2c(C)noc2C)cc2nc(C3CC3)n(C)c12.Cc1n[nH]c(C)c1B1OC(C)(C)C(C)(C)O1.Cc1noc(C)c1-c1cc(C)c2c(c1)nc(C1CC1)n2C.O=CO[O-].[Cs+].[Cs+].[H-]. The number of imidazole rings is 2. The monoisotopic (exact) mass is 1220 g/mol. The van der Waals surface area contributed by atoms with Gasteiger partial charge in [-0.3, -0.25) is 15.0 Å². The largest absolute Gasteiger partial charge is 1.00 e. The van der Waals surface area contributed by atoms with E-state index in [4.69, 9.17) is 38.4 Å². The van der Waals surface area contributed by atoms with Gasteiger partial charge < -0.3 is 39.1 Å². The fourth-order valence-corrected chi connectivity index (χ4v) is 9.46. The molecule has 0 amide bonds. The minimum absolute atomic E-state index is 0. The number of fused-ring (bicyclic) bond motifs is 2. The summed E-state index contributed by atoms with van der Waals surface area (Å²) in [7, 11) is 3.95. The molecule has 2 aromatic carbocycles. The molecule has 8 aromatic rings. The van der Waals surface area contributed by atoms with Crippen LogP contribution in [-0.4, -0.2) is 74.6 Å². The Hall–Kier alpha value is -2.26. The number of carbonyl (C=O) groups is 1. The third-order valence-corrected chi connectivity index (χ3v) is 13.8. The molecule has 1 aliphatic heterocycles. The van der Waals surface area contributed by atoms with Gasteiger partial charge >= 0.3 is 145 Å². The molecular weight excluding hydrogens is 1150 g/mol. The van der Waals surface area contributed by atoms with Crippen LogP contribution in [-0.2, 0) is 33.1 Å². The molecule has 0 bridgehead atoms. The Bertz CT molecular complexity index is 3080. The molecule has 0 unspecified atom stereocenters. The van der Waals surface area contributed by atoms with Crippen LogP contribution in [0.15, 0.2) is 33.3 Å². The number of hydrogen-bond acceptors (Lipinski definition) is 13. The van der Waals surface area contributed by atoms with E-state index in [0.717, 1.165) is 95.6 Å². The number of benzene rings is 2. The third-order valence-electron chi connectivity index (χ3n) is 13.8. The molecule has 2 aliphatic carbocycles. The summed E-state index contributed by atoms with van der Waals surface area (Å²) in [5, 5.41) is 31.3. The standard InChI is InChI=1S/C21H23N5O.C17H19N3O.C11H19BN2O2.C2H6.CH2O3.2Cs.H/c1-10-18(11(2)24-23-10)16-8-15(19-12(3)25-27-13(19)4)9-17-20(16)26(5)21(22-17)14-6-7-14;1-9-7-13(15-10(2)19-21-11(15)3)8-14-16(9)20(4)17(18-14)12-5-6-12;1-7-9(8(2)14-13-7)12-15-10(3,4)11(5,6)16-12;1-2;2-1-4-3;;;/h8-9,14H,6-7H2,1-5H3,(H,23,24);7-8,12H,5-6H2,1-4H3;1-6H3,(H,13,14);1-2H3;1,3H;;;/q;;;;;2*+1;-1/p-1. The summed E-state index contributed by atoms with van der Waals surface area (Å²) >= 11 is 0. The maximum atomic E-state index is 8.64. The quantitative estimate of drug-likeness (QED) is 0.101. The minimum Gasteiger partial charge on any atom is -1.00 e. The van der Waals surface area contributed by atoms with Gasteiger partial charge in [0.05, 0.1) is 56.0 Å². The maximum Gasteiger partial charge on any atom is 1.00 e. The molecule has 374 valence electrons. The van der Waals surface area contributed by atoms with Gasteiger partial charge in [-0.2, -0.15) is 10.2 Å². The van der Waals surface area contributed by atoms with Crippen LogP contribution in [0.4, 0.5) is 0 Å². The Morgan fingerprint density at radius 1 is 0.667 bits per heavy atom. The first kappa shape index (κ1) is 60.6. The van der Waals surface area contributed by atoms with E-state index >= 15 is 0 Å². The van der Waals surface area contributed by atoms with Crippen molar-refractivity contribution < 1.29 is 173 Å². The summed E-state index contributed by atoms with van der Waals surface area (Å²) in [6, 6.07) is 8.79. The number of hydrogen-bond donors (Lipinski definition) is 2. The molecule has 0 radical (unpaired) electrons. The first-order chi connectivity index (χ1) is 33.2. The molecule has 7 heterocycles. The normalized spacial score (nSPS) is 15.2. The van der Waals surface area contributed by atoms with Crippen LogP contribution in [0.2, 0.25) is 0 Å². The summed E-state index contributed by atoms with van der Waals surface area (Å²) in [5.74, 6) is 5.35. The Balaban J connectivity index is 0.000000227.